The molecule has 0 aliphatic heterocycles. The second kappa shape index (κ2) is 8.48. The highest BCUT2D eigenvalue weighted by atomic mass is 35.5. The third kappa shape index (κ3) is 4.82. The topological polar surface area (TPSA) is 92.3 Å². The number of sulfonamides is 2. The van der Waals surface area contributed by atoms with Crippen LogP contribution in [-0.4, -0.2) is 16.8 Å². The molecule has 0 saturated carbocycles. The van der Waals surface area contributed by atoms with Crippen LogP contribution in [0.15, 0.2) is 50.9 Å². The molecule has 0 fully saturated rings. The standard InChI is InChI=1S/C16H9Cl3F2N2O4S3/c17-8-4-13(22-29(24,25)15-6-10(19)11(20)7-12(15)21)14(5-9(8)18)23-30(26,27)16-2-1-3-28-16/h1-7,22-23H. The van der Waals surface area contributed by atoms with Crippen molar-refractivity contribution in [3.8, 4) is 0 Å². The quantitative estimate of drug-likeness (QED) is 0.404. The van der Waals surface area contributed by atoms with E-state index < -0.39 is 41.6 Å². The summed E-state index contributed by atoms with van der Waals surface area (Å²) in [5.41, 5.74) is -0.612. The maximum atomic E-state index is 14.1. The molecule has 0 atom stereocenters. The second-order valence-electron chi connectivity index (χ2n) is 5.65. The highest BCUT2D eigenvalue weighted by Gasteiger charge is 2.25. The first kappa shape index (κ1) is 23.0. The molecule has 0 amide bonds. The summed E-state index contributed by atoms with van der Waals surface area (Å²) in [5.74, 6) is -2.54. The van der Waals surface area contributed by atoms with E-state index in [1.54, 1.807) is 0 Å². The van der Waals surface area contributed by atoms with E-state index in [2.05, 4.69) is 4.72 Å². The Hall–Kier alpha value is -1.63. The van der Waals surface area contributed by atoms with Crippen LogP contribution in [0.25, 0.3) is 0 Å². The van der Waals surface area contributed by atoms with Crippen molar-refractivity contribution in [3.05, 3.63) is 68.5 Å². The Morgan fingerprint density at radius 2 is 1.33 bits per heavy atom. The third-order valence-electron chi connectivity index (χ3n) is 3.57. The summed E-state index contributed by atoms with van der Waals surface area (Å²) in [6.07, 6.45) is 0. The summed E-state index contributed by atoms with van der Waals surface area (Å²) in [5, 5.41) is 0.740. The predicted octanol–water partition coefficient (Wildman–Crippen LogP) is 5.59. The summed E-state index contributed by atoms with van der Waals surface area (Å²) in [6.45, 7) is 0. The SMILES string of the molecule is O=S(=O)(Nc1cc(Cl)c(Cl)cc1NS(=O)(=O)c1cc(Cl)c(F)cc1F)c1cccs1. The molecular weight excluding hydrogens is 525 g/mol. The fourth-order valence-electron chi connectivity index (χ4n) is 2.24. The van der Waals surface area contributed by atoms with E-state index in [0.29, 0.717) is 12.1 Å². The molecule has 0 aliphatic carbocycles. The van der Waals surface area contributed by atoms with Gasteiger partial charge in [-0.2, -0.15) is 0 Å². The third-order valence-corrected chi connectivity index (χ3v) is 8.73. The molecule has 1 heterocycles. The molecule has 0 spiro atoms. The van der Waals surface area contributed by atoms with Gasteiger partial charge in [-0.05, 0) is 29.6 Å². The lowest BCUT2D eigenvalue weighted by Gasteiger charge is -2.16. The number of hydrogen-bond donors (Lipinski definition) is 2. The molecule has 14 heteroatoms. The van der Waals surface area contributed by atoms with Crippen LogP contribution in [0.5, 0.6) is 0 Å². The molecule has 6 nitrogen and oxygen atoms in total. The van der Waals surface area contributed by atoms with Gasteiger partial charge in [0, 0.05) is 6.07 Å². The van der Waals surface area contributed by atoms with Gasteiger partial charge in [-0.25, -0.2) is 25.6 Å². The summed E-state index contributed by atoms with van der Waals surface area (Å²) in [6, 6.07) is 5.87. The van der Waals surface area contributed by atoms with Crippen LogP contribution in [0.3, 0.4) is 0 Å². The van der Waals surface area contributed by atoms with Crippen LogP contribution in [0.2, 0.25) is 15.1 Å². The van der Waals surface area contributed by atoms with E-state index in [-0.39, 0.29) is 25.6 Å². The van der Waals surface area contributed by atoms with Gasteiger partial charge in [-0.3, -0.25) is 9.44 Å². The molecule has 0 unspecified atom stereocenters. The number of benzene rings is 2. The average Bonchev–Trinajstić information content (AvgIpc) is 3.17. The highest BCUT2D eigenvalue weighted by Crippen LogP contribution is 2.36. The van der Waals surface area contributed by atoms with Gasteiger partial charge in [0.1, 0.15) is 20.7 Å². The van der Waals surface area contributed by atoms with E-state index in [9.17, 15) is 25.6 Å². The lowest BCUT2D eigenvalue weighted by Crippen LogP contribution is -2.18. The number of hydrogen-bond acceptors (Lipinski definition) is 5. The van der Waals surface area contributed by atoms with E-state index in [4.69, 9.17) is 34.8 Å². The number of thiophene rings is 1. The Morgan fingerprint density at radius 1 is 0.767 bits per heavy atom. The molecule has 2 aromatic carbocycles. The second-order valence-corrected chi connectivity index (χ2v) is 11.4. The molecule has 1 aromatic heterocycles. The van der Waals surface area contributed by atoms with E-state index in [1.807, 2.05) is 4.72 Å². The number of rotatable bonds is 6. The summed E-state index contributed by atoms with van der Waals surface area (Å²) in [7, 11) is -8.73. The van der Waals surface area contributed by atoms with E-state index >= 15 is 0 Å². The zero-order valence-electron chi connectivity index (χ0n) is 14.3. The van der Waals surface area contributed by atoms with Gasteiger partial charge in [0.15, 0.2) is 0 Å². The van der Waals surface area contributed by atoms with Crippen LogP contribution in [0.4, 0.5) is 20.2 Å². The Balaban J connectivity index is 2.06. The first-order valence-electron chi connectivity index (χ1n) is 7.63. The smallest absolute Gasteiger partial charge is 0.271 e. The van der Waals surface area contributed by atoms with Crippen LogP contribution in [0.1, 0.15) is 0 Å². The van der Waals surface area contributed by atoms with Crippen molar-refractivity contribution < 1.29 is 25.6 Å². The lowest BCUT2D eigenvalue weighted by molar-refractivity contribution is 0.551. The zero-order valence-corrected chi connectivity index (χ0v) is 19.0. The number of anilines is 2. The molecule has 30 heavy (non-hydrogen) atoms. The van der Waals surface area contributed by atoms with Gasteiger partial charge < -0.3 is 0 Å². The Morgan fingerprint density at radius 3 is 1.87 bits per heavy atom. The zero-order chi connectivity index (χ0) is 22.3. The largest absolute Gasteiger partial charge is 0.277 e. The van der Waals surface area contributed by atoms with Crippen molar-refractivity contribution >= 4 is 77.6 Å². The molecule has 160 valence electrons. The molecule has 0 bridgehead atoms. The molecule has 2 N–H and O–H groups in total. The van der Waals surface area contributed by atoms with Gasteiger partial charge >= 0.3 is 0 Å². The van der Waals surface area contributed by atoms with Crippen molar-refractivity contribution in [1.82, 2.24) is 0 Å². The highest BCUT2D eigenvalue weighted by molar-refractivity contribution is 7.94. The normalized spacial score (nSPS) is 12.0. The van der Waals surface area contributed by atoms with Crippen LogP contribution < -0.4 is 9.44 Å². The monoisotopic (exact) mass is 532 g/mol. The fraction of sp³-hybridized carbons (Fsp3) is 0. The molecule has 0 radical (unpaired) electrons. The average molecular weight is 534 g/mol. The van der Waals surface area contributed by atoms with Crippen LogP contribution in [0, 0.1) is 11.6 Å². The predicted molar refractivity (Wildman–Crippen MR) is 114 cm³/mol. The first-order valence-corrected chi connectivity index (χ1v) is 12.6. The Bertz CT molecular complexity index is 1330. The van der Waals surface area contributed by atoms with Crippen molar-refractivity contribution in [2.75, 3.05) is 9.44 Å². The fourth-order valence-corrected chi connectivity index (χ4v) is 6.01. The van der Waals surface area contributed by atoms with Gasteiger partial charge in [0.2, 0.25) is 0 Å². The minimum atomic E-state index is -4.65. The van der Waals surface area contributed by atoms with Gasteiger partial charge in [-0.15, -0.1) is 11.3 Å². The van der Waals surface area contributed by atoms with Crippen molar-refractivity contribution in [2.45, 2.75) is 9.10 Å². The van der Waals surface area contributed by atoms with Gasteiger partial charge in [-0.1, -0.05) is 40.9 Å². The van der Waals surface area contributed by atoms with E-state index in [0.717, 1.165) is 23.5 Å². The summed E-state index contributed by atoms with van der Waals surface area (Å²) < 4.78 is 81.9. The maximum Gasteiger partial charge on any atom is 0.271 e. The first-order chi connectivity index (χ1) is 13.9. The van der Waals surface area contributed by atoms with Gasteiger partial charge in [0.05, 0.1) is 26.4 Å². The minimum Gasteiger partial charge on any atom is -0.277 e. The van der Waals surface area contributed by atoms with Crippen LogP contribution in [-0.2, 0) is 20.0 Å². The van der Waals surface area contributed by atoms with Crippen molar-refractivity contribution in [2.24, 2.45) is 0 Å². The van der Waals surface area contributed by atoms with Crippen LogP contribution >= 0.6 is 46.1 Å². The lowest BCUT2D eigenvalue weighted by atomic mass is 10.3. The maximum absolute atomic E-state index is 14.1. The molecule has 0 aliphatic rings. The minimum absolute atomic E-state index is 0.0428. The molecule has 0 saturated heterocycles. The van der Waals surface area contributed by atoms with Crippen molar-refractivity contribution in [3.63, 3.8) is 0 Å². The molecular formula is C16H9Cl3F2N2O4S3. The number of halogens is 5. The Kier molecular flexibility index (Phi) is 6.51. The molecule has 3 aromatic rings. The number of nitrogens with one attached hydrogen (secondary N) is 2. The van der Waals surface area contributed by atoms with Gasteiger partial charge in [0.25, 0.3) is 20.0 Å². The van der Waals surface area contributed by atoms with E-state index in [1.165, 1.54) is 17.5 Å². The Labute approximate surface area is 189 Å². The summed E-state index contributed by atoms with van der Waals surface area (Å²) in [4.78, 5) is -0.952. The summed E-state index contributed by atoms with van der Waals surface area (Å²) >= 11 is 18.3. The van der Waals surface area contributed by atoms with Crippen molar-refractivity contribution in [1.29, 1.82) is 0 Å². The molecule has 3 rings (SSSR count).